The van der Waals surface area contributed by atoms with Crippen molar-refractivity contribution in [1.82, 2.24) is 0 Å². The van der Waals surface area contributed by atoms with Crippen LogP contribution in [0.4, 0.5) is 0 Å². The highest BCUT2D eigenvalue weighted by Gasteiger charge is 2.36. The molecule has 0 bridgehead atoms. The molecule has 2 heteroatoms. The fourth-order valence-electron chi connectivity index (χ4n) is 2.83. The lowest BCUT2D eigenvalue weighted by Crippen LogP contribution is -2.29. The third-order valence-electron chi connectivity index (χ3n) is 3.91. The average Bonchev–Trinajstić information content (AvgIpc) is 2.73. The Hall–Kier alpha value is -0.340. The Labute approximate surface area is 96.7 Å². The lowest BCUT2D eigenvalue weighted by molar-refractivity contribution is 0.265. The first-order valence-corrected chi connectivity index (χ1v) is 6.67. The fraction of sp³-hybridized carbons (Fsp3) is 0.692. The van der Waals surface area contributed by atoms with E-state index < -0.39 is 0 Å². The van der Waals surface area contributed by atoms with Crippen molar-refractivity contribution in [2.24, 2.45) is 11.1 Å². The SMILES string of the molecule is Cc1cc(C(N)C2(C)CCCC2)c(C)s1. The molecular formula is C13H21NS. The number of thiophene rings is 1. The molecule has 1 aliphatic rings. The maximum Gasteiger partial charge on any atom is 0.0360 e. The second-order valence-corrected chi connectivity index (χ2v) is 6.67. The summed E-state index contributed by atoms with van der Waals surface area (Å²) in [6, 6.07) is 2.53. The highest BCUT2D eigenvalue weighted by atomic mass is 32.1. The third-order valence-corrected chi connectivity index (χ3v) is 4.89. The molecule has 1 atom stereocenters. The summed E-state index contributed by atoms with van der Waals surface area (Å²) in [5.74, 6) is 0. The van der Waals surface area contributed by atoms with Gasteiger partial charge in [0.1, 0.15) is 0 Å². The van der Waals surface area contributed by atoms with Crippen molar-refractivity contribution < 1.29 is 0 Å². The molecule has 2 rings (SSSR count). The topological polar surface area (TPSA) is 26.0 Å². The van der Waals surface area contributed by atoms with Gasteiger partial charge in [-0.05, 0) is 43.7 Å². The van der Waals surface area contributed by atoms with E-state index in [1.54, 1.807) is 0 Å². The van der Waals surface area contributed by atoms with Crippen LogP contribution in [0.5, 0.6) is 0 Å². The number of aryl methyl sites for hydroxylation is 2. The van der Waals surface area contributed by atoms with Crippen LogP contribution in [0.3, 0.4) is 0 Å². The van der Waals surface area contributed by atoms with E-state index in [0.29, 0.717) is 5.41 Å². The molecule has 1 fully saturated rings. The van der Waals surface area contributed by atoms with Crippen LogP contribution >= 0.6 is 11.3 Å². The highest BCUT2D eigenvalue weighted by molar-refractivity contribution is 7.12. The van der Waals surface area contributed by atoms with E-state index in [9.17, 15) is 0 Å². The fourth-order valence-corrected chi connectivity index (χ4v) is 3.80. The Balaban J connectivity index is 2.27. The normalized spacial score (nSPS) is 21.9. The van der Waals surface area contributed by atoms with Gasteiger partial charge in [0.25, 0.3) is 0 Å². The van der Waals surface area contributed by atoms with Gasteiger partial charge >= 0.3 is 0 Å². The van der Waals surface area contributed by atoms with E-state index in [2.05, 4.69) is 26.8 Å². The van der Waals surface area contributed by atoms with Gasteiger partial charge in [-0.1, -0.05) is 19.8 Å². The van der Waals surface area contributed by atoms with E-state index >= 15 is 0 Å². The Bertz CT molecular complexity index is 347. The zero-order valence-electron chi connectivity index (χ0n) is 9.97. The van der Waals surface area contributed by atoms with Gasteiger partial charge in [0.2, 0.25) is 0 Å². The summed E-state index contributed by atoms with van der Waals surface area (Å²) >= 11 is 1.88. The van der Waals surface area contributed by atoms with Gasteiger partial charge < -0.3 is 5.73 Å². The smallest absolute Gasteiger partial charge is 0.0360 e. The molecule has 1 nitrogen and oxygen atoms in total. The monoisotopic (exact) mass is 223 g/mol. The molecule has 1 saturated carbocycles. The number of hydrogen-bond donors (Lipinski definition) is 1. The maximum atomic E-state index is 6.46. The molecule has 0 radical (unpaired) electrons. The molecule has 0 saturated heterocycles. The van der Waals surface area contributed by atoms with E-state index in [-0.39, 0.29) is 6.04 Å². The second kappa shape index (κ2) is 3.91. The summed E-state index contributed by atoms with van der Waals surface area (Å²) in [7, 11) is 0. The van der Waals surface area contributed by atoms with Gasteiger partial charge in [0.15, 0.2) is 0 Å². The minimum Gasteiger partial charge on any atom is -0.323 e. The van der Waals surface area contributed by atoms with Crippen molar-refractivity contribution in [3.63, 3.8) is 0 Å². The van der Waals surface area contributed by atoms with Gasteiger partial charge in [-0.15, -0.1) is 11.3 Å². The molecule has 1 aromatic heterocycles. The molecule has 2 N–H and O–H groups in total. The van der Waals surface area contributed by atoms with E-state index in [0.717, 1.165) is 0 Å². The van der Waals surface area contributed by atoms with Gasteiger partial charge in [-0.3, -0.25) is 0 Å². The third kappa shape index (κ3) is 1.98. The molecule has 0 aliphatic heterocycles. The van der Waals surface area contributed by atoms with Crippen molar-refractivity contribution >= 4 is 11.3 Å². The van der Waals surface area contributed by atoms with Crippen LogP contribution < -0.4 is 5.73 Å². The average molecular weight is 223 g/mol. The largest absolute Gasteiger partial charge is 0.323 e. The van der Waals surface area contributed by atoms with Crippen LogP contribution in [0.25, 0.3) is 0 Å². The minimum absolute atomic E-state index is 0.241. The Kier molecular flexibility index (Phi) is 2.91. The summed E-state index contributed by atoms with van der Waals surface area (Å²) in [5.41, 5.74) is 8.19. The number of rotatable bonds is 2. The lowest BCUT2D eigenvalue weighted by atomic mass is 9.78. The van der Waals surface area contributed by atoms with Crippen molar-refractivity contribution in [3.8, 4) is 0 Å². The second-order valence-electron chi connectivity index (χ2n) is 5.21. The first-order chi connectivity index (χ1) is 7.03. The Morgan fingerprint density at radius 1 is 1.33 bits per heavy atom. The van der Waals surface area contributed by atoms with Gasteiger partial charge in [0.05, 0.1) is 0 Å². The summed E-state index contributed by atoms with van der Waals surface area (Å²) in [5, 5.41) is 0. The van der Waals surface area contributed by atoms with Gasteiger partial charge in [-0.25, -0.2) is 0 Å². The van der Waals surface area contributed by atoms with Crippen LogP contribution in [0.2, 0.25) is 0 Å². The summed E-state index contributed by atoms with van der Waals surface area (Å²) < 4.78 is 0. The minimum atomic E-state index is 0.241. The number of nitrogens with two attached hydrogens (primary N) is 1. The summed E-state index contributed by atoms with van der Waals surface area (Å²) in [4.78, 5) is 2.80. The van der Waals surface area contributed by atoms with Crippen LogP contribution in [0, 0.1) is 19.3 Å². The standard InChI is InChI=1S/C13H21NS/c1-9-8-11(10(2)15-9)12(14)13(3)6-4-5-7-13/h8,12H,4-7,14H2,1-3H3. The quantitative estimate of drug-likeness (QED) is 0.807. The van der Waals surface area contributed by atoms with Crippen LogP contribution in [-0.2, 0) is 0 Å². The van der Waals surface area contributed by atoms with E-state index in [1.807, 2.05) is 11.3 Å². The van der Waals surface area contributed by atoms with Crippen LogP contribution in [0.1, 0.15) is 54.0 Å². The molecule has 0 amide bonds. The highest BCUT2D eigenvalue weighted by Crippen LogP contribution is 2.47. The summed E-state index contributed by atoms with van der Waals surface area (Å²) in [6.07, 6.45) is 5.30. The molecule has 1 heterocycles. The molecular weight excluding hydrogens is 202 g/mol. The van der Waals surface area contributed by atoms with Gasteiger partial charge in [0, 0.05) is 15.8 Å². The van der Waals surface area contributed by atoms with Crippen molar-refractivity contribution in [3.05, 3.63) is 21.4 Å². The Morgan fingerprint density at radius 2 is 1.93 bits per heavy atom. The van der Waals surface area contributed by atoms with E-state index in [1.165, 1.54) is 41.0 Å². The molecule has 0 spiro atoms. The first kappa shape index (κ1) is 11.2. The number of hydrogen-bond acceptors (Lipinski definition) is 2. The van der Waals surface area contributed by atoms with Crippen molar-refractivity contribution in [2.75, 3.05) is 0 Å². The predicted octanol–water partition coefficient (Wildman–Crippen LogP) is 3.95. The van der Waals surface area contributed by atoms with Crippen LogP contribution in [0.15, 0.2) is 6.07 Å². The molecule has 15 heavy (non-hydrogen) atoms. The molecule has 1 aromatic rings. The first-order valence-electron chi connectivity index (χ1n) is 5.85. The zero-order chi connectivity index (χ0) is 11.1. The maximum absolute atomic E-state index is 6.46. The van der Waals surface area contributed by atoms with Crippen LogP contribution in [-0.4, -0.2) is 0 Å². The van der Waals surface area contributed by atoms with E-state index in [4.69, 9.17) is 5.73 Å². The predicted molar refractivity (Wildman–Crippen MR) is 67.3 cm³/mol. The zero-order valence-corrected chi connectivity index (χ0v) is 10.8. The lowest BCUT2D eigenvalue weighted by Gasteiger charge is -2.31. The van der Waals surface area contributed by atoms with Crippen molar-refractivity contribution in [2.45, 2.75) is 52.5 Å². The molecule has 84 valence electrons. The van der Waals surface area contributed by atoms with Crippen molar-refractivity contribution in [1.29, 1.82) is 0 Å². The molecule has 1 unspecified atom stereocenters. The summed E-state index contributed by atoms with van der Waals surface area (Å²) in [6.45, 7) is 6.73. The molecule has 0 aromatic carbocycles. The molecule has 1 aliphatic carbocycles. The Morgan fingerprint density at radius 3 is 2.40 bits per heavy atom. The van der Waals surface area contributed by atoms with Gasteiger partial charge in [-0.2, -0.15) is 0 Å².